The second-order valence-electron chi connectivity index (χ2n) is 4.34. The summed E-state index contributed by atoms with van der Waals surface area (Å²) < 4.78 is 11.5. The molecule has 0 unspecified atom stereocenters. The molecule has 0 radical (unpaired) electrons. The number of likely N-dealkylation sites (N-methyl/N-ethyl adjacent to an activating group) is 1. The Bertz CT molecular complexity index is 604. The smallest absolute Gasteiger partial charge is 0.264 e. The lowest BCUT2D eigenvalue weighted by Crippen LogP contribution is -2.22. The molecule has 0 spiro atoms. The summed E-state index contributed by atoms with van der Waals surface area (Å²) in [4.78, 5) is 13.2. The Hall–Kier alpha value is -2.00. The molecule has 5 nitrogen and oxygen atoms in total. The Kier molecular flexibility index (Phi) is 6.25. The predicted molar refractivity (Wildman–Crippen MR) is 84.1 cm³/mol. The highest BCUT2D eigenvalue weighted by Crippen LogP contribution is 2.37. The van der Waals surface area contributed by atoms with Gasteiger partial charge in [0.15, 0.2) is 11.5 Å². The van der Waals surface area contributed by atoms with Crippen LogP contribution in [-0.4, -0.2) is 38.6 Å². The normalized spacial score (nSPS) is 10.8. The summed E-state index contributed by atoms with van der Waals surface area (Å²) in [5.41, 5.74) is 0.729. The molecule has 0 aromatic heterocycles. The standard InChI is InChI=1S/C15H17BrN2O3/c1-5-21-14-12(16)7-10(8-13(14)20-4)6-11(9-17)15(19)18(2)3/h6-8H,5H2,1-4H3/b11-6-. The van der Waals surface area contributed by atoms with Crippen molar-refractivity contribution in [2.75, 3.05) is 27.8 Å². The minimum Gasteiger partial charge on any atom is -0.493 e. The quantitative estimate of drug-likeness (QED) is 0.603. The molecule has 0 aliphatic heterocycles. The van der Waals surface area contributed by atoms with Crippen LogP contribution >= 0.6 is 15.9 Å². The summed E-state index contributed by atoms with van der Waals surface area (Å²) in [6.45, 7) is 2.38. The number of nitrogens with zero attached hydrogens (tertiary/aromatic N) is 2. The Balaban J connectivity index is 3.29. The van der Waals surface area contributed by atoms with Crippen LogP contribution in [0.3, 0.4) is 0 Å². The number of nitriles is 1. The number of benzene rings is 1. The third-order valence-electron chi connectivity index (χ3n) is 2.61. The number of halogens is 1. The summed E-state index contributed by atoms with van der Waals surface area (Å²) >= 11 is 3.41. The van der Waals surface area contributed by atoms with Crippen molar-refractivity contribution >= 4 is 27.9 Å². The van der Waals surface area contributed by atoms with Crippen molar-refractivity contribution in [3.8, 4) is 17.6 Å². The van der Waals surface area contributed by atoms with Gasteiger partial charge in [-0.2, -0.15) is 5.26 Å². The Labute approximate surface area is 132 Å². The van der Waals surface area contributed by atoms with Crippen LogP contribution in [0.25, 0.3) is 6.08 Å². The van der Waals surface area contributed by atoms with Gasteiger partial charge in [0.2, 0.25) is 0 Å². The molecule has 1 aromatic carbocycles. The molecule has 1 amide bonds. The Morgan fingerprint density at radius 3 is 2.62 bits per heavy atom. The van der Waals surface area contributed by atoms with E-state index in [1.54, 1.807) is 26.2 Å². The van der Waals surface area contributed by atoms with Crippen molar-refractivity contribution in [2.24, 2.45) is 0 Å². The van der Waals surface area contributed by atoms with Crippen molar-refractivity contribution in [1.29, 1.82) is 5.26 Å². The maximum Gasteiger partial charge on any atom is 0.264 e. The number of rotatable bonds is 5. The molecule has 0 aliphatic rings. The number of hydrogen-bond acceptors (Lipinski definition) is 4. The molecule has 0 aliphatic carbocycles. The van der Waals surface area contributed by atoms with Gasteiger partial charge in [0.25, 0.3) is 5.91 Å². The van der Waals surface area contributed by atoms with E-state index in [1.807, 2.05) is 13.0 Å². The van der Waals surface area contributed by atoms with Gasteiger partial charge in [-0.1, -0.05) is 0 Å². The van der Waals surface area contributed by atoms with Crippen LogP contribution < -0.4 is 9.47 Å². The zero-order valence-electron chi connectivity index (χ0n) is 12.4. The van der Waals surface area contributed by atoms with Crippen molar-refractivity contribution in [3.63, 3.8) is 0 Å². The van der Waals surface area contributed by atoms with Gasteiger partial charge in [-0.25, -0.2) is 0 Å². The number of methoxy groups -OCH3 is 1. The number of ether oxygens (including phenoxy) is 2. The lowest BCUT2D eigenvalue weighted by atomic mass is 10.1. The van der Waals surface area contributed by atoms with Crippen molar-refractivity contribution in [2.45, 2.75) is 6.92 Å². The van der Waals surface area contributed by atoms with Crippen LogP contribution in [0, 0.1) is 11.3 Å². The molecule has 1 rings (SSSR count). The van der Waals surface area contributed by atoms with Crippen LogP contribution in [0.15, 0.2) is 22.2 Å². The first-order valence-electron chi connectivity index (χ1n) is 6.28. The number of amides is 1. The summed E-state index contributed by atoms with van der Waals surface area (Å²) in [6, 6.07) is 5.40. The fourth-order valence-electron chi connectivity index (χ4n) is 1.66. The second kappa shape index (κ2) is 7.70. The topological polar surface area (TPSA) is 62.6 Å². The van der Waals surface area contributed by atoms with E-state index in [1.165, 1.54) is 18.1 Å². The first-order valence-corrected chi connectivity index (χ1v) is 7.07. The highest BCUT2D eigenvalue weighted by molar-refractivity contribution is 9.10. The average molecular weight is 353 g/mol. The molecule has 0 heterocycles. The molecule has 0 bridgehead atoms. The Morgan fingerprint density at radius 1 is 1.48 bits per heavy atom. The van der Waals surface area contributed by atoms with Crippen LogP contribution in [0.1, 0.15) is 12.5 Å². The van der Waals surface area contributed by atoms with Crippen molar-refractivity contribution in [3.05, 3.63) is 27.7 Å². The van der Waals surface area contributed by atoms with Gasteiger partial charge in [0, 0.05) is 14.1 Å². The molecule has 6 heteroatoms. The predicted octanol–water partition coefficient (Wildman–Crippen LogP) is 2.85. The molecule has 0 saturated heterocycles. The summed E-state index contributed by atoms with van der Waals surface area (Å²) in [5.74, 6) is 0.781. The summed E-state index contributed by atoms with van der Waals surface area (Å²) in [7, 11) is 4.73. The fourth-order valence-corrected chi connectivity index (χ4v) is 2.23. The molecule has 0 N–H and O–H groups in total. The third-order valence-corrected chi connectivity index (χ3v) is 3.20. The number of hydrogen-bond donors (Lipinski definition) is 0. The lowest BCUT2D eigenvalue weighted by Gasteiger charge is -2.13. The van der Waals surface area contributed by atoms with Crippen LogP contribution in [0.2, 0.25) is 0 Å². The van der Waals surface area contributed by atoms with Gasteiger partial charge in [0.1, 0.15) is 11.6 Å². The van der Waals surface area contributed by atoms with E-state index in [4.69, 9.17) is 14.7 Å². The molecule has 1 aromatic rings. The molecular weight excluding hydrogens is 336 g/mol. The largest absolute Gasteiger partial charge is 0.493 e. The first kappa shape index (κ1) is 17.1. The van der Waals surface area contributed by atoms with E-state index >= 15 is 0 Å². The zero-order valence-corrected chi connectivity index (χ0v) is 14.0. The monoisotopic (exact) mass is 352 g/mol. The van der Waals surface area contributed by atoms with E-state index < -0.39 is 0 Å². The maximum absolute atomic E-state index is 11.9. The number of carbonyl (C=O) groups is 1. The highest BCUT2D eigenvalue weighted by Gasteiger charge is 2.14. The van der Waals surface area contributed by atoms with Crippen LogP contribution in [0.5, 0.6) is 11.5 Å². The van der Waals surface area contributed by atoms with Crippen molar-refractivity contribution < 1.29 is 14.3 Å². The summed E-state index contributed by atoms with van der Waals surface area (Å²) in [5, 5.41) is 9.11. The minimum atomic E-state index is -0.346. The summed E-state index contributed by atoms with van der Waals surface area (Å²) in [6.07, 6.45) is 1.52. The zero-order chi connectivity index (χ0) is 16.0. The first-order chi connectivity index (χ1) is 9.94. The molecule has 112 valence electrons. The lowest BCUT2D eigenvalue weighted by molar-refractivity contribution is -0.124. The fraction of sp³-hybridized carbons (Fsp3) is 0.333. The molecule has 21 heavy (non-hydrogen) atoms. The van der Waals surface area contributed by atoms with Gasteiger partial charge in [-0.05, 0) is 46.6 Å². The Morgan fingerprint density at radius 2 is 2.14 bits per heavy atom. The average Bonchev–Trinajstić information content (AvgIpc) is 2.46. The van der Waals surface area contributed by atoms with Crippen LogP contribution in [-0.2, 0) is 4.79 Å². The van der Waals surface area contributed by atoms with E-state index in [2.05, 4.69) is 15.9 Å². The molecule has 0 saturated carbocycles. The van der Waals surface area contributed by atoms with E-state index in [-0.39, 0.29) is 11.5 Å². The van der Waals surface area contributed by atoms with Gasteiger partial charge in [-0.15, -0.1) is 0 Å². The maximum atomic E-state index is 11.9. The second-order valence-corrected chi connectivity index (χ2v) is 5.19. The van der Waals surface area contributed by atoms with E-state index in [9.17, 15) is 4.79 Å². The molecule has 0 fully saturated rings. The SMILES string of the molecule is CCOc1c(Br)cc(/C=C(/C#N)C(=O)N(C)C)cc1OC. The van der Waals surface area contributed by atoms with E-state index in [0.717, 1.165) is 0 Å². The van der Waals surface area contributed by atoms with Crippen LogP contribution in [0.4, 0.5) is 0 Å². The molecule has 0 atom stereocenters. The van der Waals surface area contributed by atoms with Gasteiger partial charge >= 0.3 is 0 Å². The van der Waals surface area contributed by atoms with E-state index in [0.29, 0.717) is 28.1 Å². The third kappa shape index (κ3) is 4.23. The number of carbonyl (C=O) groups excluding carboxylic acids is 1. The van der Waals surface area contributed by atoms with Crippen molar-refractivity contribution in [1.82, 2.24) is 4.90 Å². The van der Waals surface area contributed by atoms with Gasteiger partial charge in [0.05, 0.1) is 18.2 Å². The molecular formula is C15H17BrN2O3. The minimum absolute atomic E-state index is 0.0538. The van der Waals surface area contributed by atoms with Gasteiger partial charge in [-0.3, -0.25) is 4.79 Å². The highest BCUT2D eigenvalue weighted by atomic mass is 79.9. The van der Waals surface area contributed by atoms with Gasteiger partial charge < -0.3 is 14.4 Å².